The van der Waals surface area contributed by atoms with E-state index in [1.807, 2.05) is 37.3 Å². The topological polar surface area (TPSA) is 74.3 Å². The molecule has 2 fully saturated rings. The molecule has 2 saturated heterocycles. The van der Waals surface area contributed by atoms with E-state index in [1.54, 1.807) is 12.1 Å². The second-order valence-corrected chi connectivity index (χ2v) is 7.73. The molecule has 1 aliphatic carbocycles. The highest BCUT2D eigenvalue weighted by molar-refractivity contribution is 5.91. The fourth-order valence-corrected chi connectivity index (χ4v) is 3.86. The Morgan fingerprint density at radius 2 is 2.03 bits per heavy atom. The average Bonchev–Trinajstić information content (AvgIpc) is 3.11. The number of carbonyl (C=O) groups excluding carboxylic acids is 2. The maximum Gasteiger partial charge on any atom is 0.425 e. The summed E-state index contributed by atoms with van der Waals surface area (Å²) in [5.74, 6) is 0.376. The van der Waals surface area contributed by atoms with E-state index in [-0.39, 0.29) is 12.9 Å². The third-order valence-corrected chi connectivity index (χ3v) is 5.45. The summed E-state index contributed by atoms with van der Waals surface area (Å²) in [5, 5.41) is 0. The van der Waals surface area contributed by atoms with Gasteiger partial charge in [-0.2, -0.15) is 0 Å². The molecule has 0 spiro atoms. The van der Waals surface area contributed by atoms with Crippen LogP contribution in [0.2, 0.25) is 0 Å². The molecule has 3 atom stereocenters. The van der Waals surface area contributed by atoms with Crippen molar-refractivity contribution in [2.75, 3.05) is 13.2 Å². The normalized spacial score (nSPS) is 26.3. The highest BCUT2D eigenvalue weighted by atomic mass is 16.7. The second kappa shape index (κ2) is 9.45. The van der Waals surface area contributed by atoms with E-state index in [1.165, 1.54) is 0 Å². The van der Waals surface area contributed by atoms with Crippen LogP contribution in [-0.2, 0) is 14.2 Å². The summed E-state index contributed by atoms with van der Waals surface area (Å²) in [7, 11) is 0. The Morgan fingerprint density at radius 1 is 1.20 bits per heavy atom. The van der Waals surface area contributed by atoms with Crippen molar-refractivity contribution in [3.05, 3.63) is 53.6 Å². The first-order valence-electron chi connectivity index (χ1n) is 10.5. The molecule has 160 valence electrons. The minimum absolute atomic E-state index is 0.153. The number of allylic oxidation sites excluding steroid dienone is 2. The first-order valence-corrected chi connectivity index (χ1v) is 10.5. The summed E-state index contributed by atoms with van der Waals surface area (Å²) < 4.78 is 22.5. The zero-order chi connectivity index (χ0) is 20.9. The van der Waals surface area contributed by atoms with Gasteiger partial charge in [0.2, 0.25) is 0 Å². The SMILES string of the molecule is Cc1ccc(OC(=O)N2C(=O)OC(COC3CCCCO3)C2C2=CCCC=C2)cc1. The van der Waals surface area contributed by atoms with Gasteiger partial charge in [-0.25, -0.2) is 14.5 Å². The van der Waals surface area contributed by atoms with Crippen molar-refractivity contribution in [2.45, 2.75) is 57.5 Å². The molecule has 4 rings (SSSR count). The molecule has 0 bridgehead atoms. The molecule has 30 heavy (non-hydrogen) atoms. The van der Waals surface area contributed by atoms with Crippen LogP contribution in [0.1, 0.15) is 37.7 Å². The third kappa shape index (κ3) is 4.74. The molecule has 3 unspecified atom stereocenters. The number of hydrogen-bond donors (Lipinski definition) is 0. The van der Waals surface area contributed by atoms with Crippen LogP contribution in [0.25, 0.3) is 0 Å². The van der Waals surface area contributed by atoms with Crippen LogP contribution < -0.4 is 4.74 Å². The van der Waals surface area contributed by atoms with Gasteiger partial charge in [0.25, 0.3) is 0 Å². The van der Waals surface area contributed by atoms with Crippen molar-refractivity contribution in [3.8, 4) is 5.75 Å². The third-order valence-electron chi connectivity index (χ3n) is 5.45. The predicted molar refractivity (Wildman–Crippen MR) is 109 cm³/mol. The summed E-state index contributed by atoms with van der Waals surface area (Å²) in [5.41, 5.74) is 1.90. The highest BCUT2D eigenvalue weighted by Crippen LogP contribution is 2.30. The fraction of sp³-hybridized carbons (Fsp3) is 0.478. The van der Waals surface area contributed by atoms with Crippen LogP contribution in [0, 0.1) is 6.92 Å². The van der Waals surface area contributed by atoms with Gasteiger partial charge in [-0.1, -0.05) is 35.9 Å². The minimum Gasteiger partial charge on any atom is -0.441 e. The summed E-state index contributed by atoms with van der Waals surface area (Å²) in [4.78, 5) is 26.6. The van der Waals surface area contributed by atoms with Crippen LogP contribution >= 0.6 is 0 Å². The number of carbonyl (C=O) groups is 2. The molecule has 3 aliphatic rings. The molecule has 2 heterocycles. The van der Waals surface area contributed by atoms with Crippen LogP contribution in [-0.4, -0.2) is 48.7 Å². The lowest BCUT2D eigenvalue weighted by Gasteiger charge is -2.27. The maximum atomic E-state index is 12.9. The Morgan fingerprint density at radius 3 is 2.73 bits per heavy atom. The zero-order valence-corrected chi connectivity index (χ0v) is 17.1. The largest absolute Gasteiger partial charge is 0.441 e. The summed E-state index contributed by atoms with van der Waals surface area (Å²) in [6.07, 6.45) is 8.24. The van der Waals surface area contributed by atoms with Crippen LogP contribution in [0.5, 0.6) is 5.75 Å². The van der Waals surface area contributed by atoms with Crippen molar-refractivity contribution in [1.82, 2.24) is 4.90 Å². The number of aryl methyl sites for hydroxylation is 1. The smallest absolute Gasteiger partial charge is 0.425 e. The van der Waals surface area contributed by atoms with E-state index in [4.69, 9.17) is 18.9 Å². The lowest BCUT2D eigenvalue weighted by molar-refractivity contribution is -0.173. The monoisotopic (exact) mass is 413 g/mol. The van der Waals surface area contributed by atoms with Gasteiger partial charge < -0.3 is 18.9 Å². The fourth-order valence-electron chi connectivity index (χ4n) is 3.86. The van der Waals surface area contributed by atoms with E-state index in [0.717, 1.165) is 48.1 Å². The molecule has 1 aromatic carbocycles. The number of nitrogens with zero attached hydrogens (tertiary/aromatic N) is 1. The molecular formula is C23H27NO6. The molecule has 0 N–H and O–H groups in total. The summed E-state index contributed by atoms with van der Waals surface area (Å²) in [6, 6.07) is 6.48. The van der Waals surface area contributed by atoms with E-state index in [0.29, 0.717) is 12.4 Å². The van der Waals surface area contributed by atoms with Crippen LogP contribution in [0.15, 0.2) is 48.1 Å². The van der Waals surface area contributed by atoms with Crippen molar-refractivity contribution in [3.63, 3.8) is 0 Å². The van der Waals surface area contributed by atoms with Gasteiger partial charge in [-0.15, -0.1) is 0 Å². The standard InChI is InChI=1S/C23H27NO6/c1-16-10-12-18(13-11-16)29-22(25)24-21(17-7-3-2-4-8-17)19(30-23(24)26)15-28-20-9-5-6-14-27-20/h3,7-8,10-13,19-21H,2,4-6,9,14-15H2,1H3. The summed E-state index contributed by atoms with van der Waals surface area (Å²) >= 11 is 0. The Balaban J connectivity index is 1.50. The van der Waals surface area contributed by atoms with Gasteiger partial charge in [0, 0.05) is 6.61 Å². The van der Waals surface area contributed by atoms with E-state index < -0.39 is 24.3 Å². The number of cyclic esters (lactones) is 1. The van der Waals surface area contributed by atoms with E-state index >= 15 is 0 Å². The van der Waals surface area contributed by atoms with Gasteiger partial charge in [0.15, 0.2) is 12.4 Å². The Kier molecular flexibility index (Phi) is 6.50. The molecule has 0 aromatic heterocycles. The number of amides is 2. The Labute approximate surface area is 176 Å². The number of hydrogen-bond acceptors (Lipinski definition) is 6. The number of benzene rings is 1. The molecule has 0 saturated carbocycles. The Hall–Kier alpha value is -2.64. The lowest BCUT2D eigenvalue weighted by Crippen LogP contribution is -2.45. The van der Waals surface area contributed by atoms with Gasteiger partial charge in [-0.05, 0) is 56.7 Å². The molecule has 2 aliphatic heterocycles. The Bertz CT molecular complexity index is 825. The van der Waals surface area contributed by atoms with Crippen LogP contribution in [0.4, 0.5) is 9.59 Å². The molecular weight excluding hydrogens is 386 g/mol. The predicted octanol–water partition coefficient (Wildman–Crippen LogP) is 4.50. The lowest BCUT2D eigenvalue weighted by atomic mass is 9.96. The van der Waals surface area contributed by atoms with Crippen molar-refractivity contribution < 1.29 is 28.5 Å². The van der Waals surface area contributed by atoms with Gasteiger partial charge in [0.05, 0.1) is 6.61 Å². The first-order chi connectivity index (χ1) is 14.6. The van der Waals surface area contributed by atoms with Gasteiger partial charge in [-0.3, -0.25) is 0 Å². The van der Waals surface area contributed by atoms with Crippen molar-refractivity contribution >= 4 is 12.2 Å². The molecule has 0 radical (unpaired) electrons. The zero-order valence-electron chi connectivity index (χ0n) is 17.1. The number of rotatable bonds is 5. The second-order valence-electron chi connectivity index (χ2n) is 7.73. The van der Waals surface area contributed by atoms with Crippen molar-refractivity contribution in [2.24, 2.45) is 0 Å². The first kappa shape index (κ1) is 20.6. The molecule has 7 heteroatoms. The molecule has 1 aromatic rings. The van der Waals surface area contributed by atoms with Crippen molar-refractivity contribution in [1.29, 1.82) is 0 Å². The quantitative estimate of drug-likeness (QED) is 0.707. The molecule has 7 nitrogen and oxygen atoms in total. The van der Waals surface area contributed by atoms with Gasteiger partial charge >= 0.3 is 12.2 Å². The summed E-state index contributed by atoms with van der Waals surface area (Å²) in [6.45, 7) is 2.77. The minimum atomic E-state index is -0.759. The average molecular weight is 413 g/mol. The van der Waals surface area contributed by atoms with E-state index in [2.05, 4.69) is 0 Å². The van der Waals surface area contributed by atoms with E-state index in [9.17, 15) is 9.59 Å². The van der Waals surface area contributed by atoms with Gasteiger partial charge in [0.1, 0.15) is 11.8 Å². The number of ether oxygens (including phenoxy) is 4. The maximum absolute atomic E-state index is 12.9. The highest BCUT2D eigenvalue weighted by Gasteiger charge is 2.48. The molecule has 2 amide bonds. The van der Waals surface area contributed by atoms with Crippen LogP contribution in [0.3, 0.4) is 0 Å². The number of imide groups is 1.